The van der Waals surface area contributed by atoms with Gasteiger partial charge in [-0.15, -0.1) is 0 Å². The molecule has 152 valence electrons. The van der Waals surface area contributed by atoms with Gasteiger partial charge in [0, 0.05) is 6.54 Å². The zero-order valence-corrected chi connectivity index (χ0v) is 17.1. The second kappa shape index (κ2) is 7.80. The van der Waals surface area contributed by atoms with Crippen molar-refractivity contribution in [3.05, 3.63) is 0 Å². The molecule has 1 heterocycles. The highest BCUT2D eigenvalue weighted by molar-refractivity contribution is 6.09. The number of nitrogens with one attached hydrogen (secondary N) is 2. The van der Waals surface area contributed by atoms with E-state index in [9.17, 15) is 14.4 Å². The second-order valence-corrected chi connectivity index (χ2v) is 9.85. The van der Waals surface area contributed by atoms with Crippen LogP contribution in [0.15, 0.2) is 0 Å². The quantitative estimate of drug-likeness (QED) is 0.739. The van der Waals surface area contributed by atoms with Gasteiger partial charge in [0.25, 0.3) is 5.91 Å². The fraction of sp³-hybridized carbons (Fsp3) is 0.857. The molecule has 2 saturated carbocycles. The van der Waals surface area contributed by atoms with Crippen molar-refractivity contribution in [3.8, 4) is 0 Å². The molecule has 0 atom stereocenters. The van der Waals surface area contributed by atoms with Gasteiger partial charge in [0.2, 0.25) is 5.91 Å². The zero-order valence-electron chi connectivity index (χ0n) is 17.1. The van der Waals surface area contributed by atoms with Gasteiger partial charge in [0.15, 0.2) is 0 Å². The molecule has 3 aliphatic rings. The molecule has 3 rings (SSSR count). The molecule has 1 saturated heterocycles. The van der Waals surface area contributed by atoms with Crippen LogP contribution in [0.4, 0.5) is 4.79 Å². The van der Waals surface area contributed by atoms with Gasteiger partial charge in [-0.1, -0.05) is 40.0 Å². The first-order valence-corrected chi connectivity index (χ1v) is 10.6. The molecule has 0 bridgehead atoms. The zero-order chi connectivity index (χ0) is 19.7. The number of carbonyl (C=O) groups is 3. The summed E-state index contributed by atoms with van der Waals surface area (Å²) in [7, 11) is 0. The summed E-state index contributed by atoms with van der Waals surface area (Å²) in [6, 6.07) is -0.415. The molecule has 27 heavy (non-hydrogen) atoms. The van der Waals surface area contributed by atoms with E-state index in [1.165, 1.54) is 19.3 Å². The second-order valence-electron chi connectivity index (χ2n) is 9.85. The largest absolute Gasteiger partial charge is 0.354 e. The fourth-order valence-corrected chi connectivity index (χ4v) is 4.98. The maximum atomic E-state index is 13.0. The maximum absolute atomic E-state index is 13.0. The summed E-state index contributed by atoms with van der Waals surface area (Å²) in [6.45, 7) is 7.18. The number of hydrogen-bond donors (Lipinski definition) is 2. The lowest BCUT2D eigenvalue weighted by molar-refractivity contribution is -0.136. The van der Waals surface area contributed by atoms with Crippen molar-refractivity contribution in [2.24, 2.45) is 17.3 Å². The highest BCUT2D eigenvalue weighted by Gasteiger charge is 2.53. The van der Waals surface area contributed by atoms with Crippen LogP contribution in [0.3, 0.4) is 0 Å². The van der Waals surface area contributed by atoms with Crippen molar-refractivity contribution >= 4 is 17.8 Å². The van der Waals surface area contributed by atoms with Crippen LogP contribution < -0.4 is 10.6 Å². The van der Waals surface area contributed by atoms with E-state index in [0.29, 0.717) is 31.2 Å². The average molecular weight is 378 g/mol. The predicted molar refractivity (Wildman–Crippen MR) is 104 cm³/mol. The average Bonchev–Trinajstić information content (AvgIpc) is 2.85. The van der Waals surface area contributed by atoms with Crippen LogP contribution in [-0.2, 0) is 9.59 Å². The van der Waals surface area contributed by atoms with E-state index in [1.807, 2.05) is 0 Å². The van der Waals surface area contributed by atoms with E-state index >= 15 is 0 Å². The molecule has 2 N–H and O–H groups in total. The SMILES string of the molecule is CC(C)(C)C1CCC2(CC1)NC(=O)N(CC(=O)NCC1CCCCC1)C2=O. The highest BCUT2D eigenvalue weighted by atomic mass is 16.2. The summed E-state index contributed by atoms with van der Waals surface area (Å²) in [5, 5.41) is 5.84. The molecule has 0 unspecified atom stereocenters. The highest BCUT2D eigenvalue weighted by Crippen LogP contribution is 2.43. The van der Waals surface area contributed by atoms with Crippen molar-refractivity contribution in [3.63, 3.8) is 0 Å². The first-order valence-electron chi connectivity index (χ1n) is 10.6. The van der Waals surface area contributed by atoms with Crippen LogP contribution in [0.25, 0.3) is 0 Å². The lowest BCUT2D eigenvalue weighted by atomic mass is 9.67. The van der Waals surface area contributed by atoms with Crippen LogP contribution in [-0.4, -0.2) is 41.4 Å². The molecule has 6 nitrogen and oxygen atoms in total. The summed E-state index contributed by atoms with van der Waals surface area (Å²) >= 11 is 0. The summed E-state index contributed by atoms with van der Waals surface area (Å²) in [5.74, 6) is 0.641. The third kappa shape index (κ3) is 4.46. The molecule has 0 aromatic rings. The van der Waals surface area contributed by atoms with E-state index in [0.717, 1.165) is 30.6 Å². The number of carbonyl (C=O) groups excluding carboxylic acids is 3. The molecular formula is C21H35N3O3. The topological polar surface area (TPSA) is 78.5 Å². The van der Waals surface area contributed by atoms with Crippen molar-refractivity contribution in [2.75, 3.05) is 13.1 Å². The Morgan fingerprint density at radius 3 is 2.33 bits per heavy atom. The molecule has 6 heteroatoms. The number of imide groups is 1. The first kappa shape index (κ1) is 20.2. The molecule has 1 spiro atoms. The third-order valence-electron chi connectivity index (χ3n) is 6.92. The van der Waals surface area contributed by atoms with Crippen molar-refractivity contribution < 1.29 is 14.4 Å². The third-order valence-corrected chi connectivity index (χ3v) is 6.92. The Labute approximate surface area is 162 Å². The van der Waals surface area contributed by atoms with Crippen molar-refractivity contribution in [1.29, 1.82) is 0 Å². The van der Waals surface area contributed by atoms with E-state index < -0.39 is 11.6 Å². The van der Waals surface area contributed by atoms with Crippen LogP contribution in [0.1, 0.15) is 78.6 Å². The van der Waals surface area contributed by atoms with E-state index in [2.05, 4.69) is 31.4 Å². The number of urea groups is 1. The maximum Gasteiger partial charge on any atom is 0.325 e. The molecule has 0 aromatic carbocycles. The Morgan fingerprint density at radius 1 is 1.11 bits per heavy atom. The summed E-state index contributed by atoms with van der Waals surface area (Å²) in [5.41, 5.74) is -0.575. The number of amides is 4. The van der Waals surface area contributed by atoms with Gasteiger partial charge in [-0.05, 0) is 55.8 Å². The molecule has 2 aliphatic carbocycles. The van der Waals surface area contributed by atoms with Crippen LogP contribution in [0.5, 0.6) is 0 Å². The standard InChI is InChI=1S/C21H35N3O3/c1-20(2,3)16-9-11-21(12-10-16)18(26)24(19(27)23-21)14-17(25)22-13-15-7-5-4-6-8-15/h15-16H,4-14H2,1-3H3,(H,22,25)(H,23,27). The van der Waals surface area contributed by atoms with Gasteiger partial charge in [-0.25, -0.2) is 4.79 Å². The van der Waals surface area contributed by atoms with Crippen LogP contribution in [0.2, 0.25) is 0 Å². The van der Waals surface area contributed by atoms with Crippen LogP contribution in [0, 0.1) is 17.3 Å². The van der Waals surface area contributed by atoms with Gasteiger partial charge < -0.3 is 10.6 Å². The summed E-state index contributed by atoms with van der Waals surface area (Å²) in [6.07, 6.45) is 9.24. The minimum absolute atomic E-state index is 0.165. The summed E-state index contributed by atoms with van der Waals surface area (Å²) in [4.78, 5) is 38.8. The Bertz CT molecular complexity index is 582. The molecular weight excluding hydrogens is 342 g/mol. The Kier molecular flexibility index (Phi) is 5.82. The Hall–Kier alpha value is -1.59. The first-order chi connectivity index (χ1) is 12.7. The van der Waals surface area contributed by atoms with Gasteiger partial charge >= 0.3 is 6.03 Å². The van der Waals surface area contributed by atoms with Gasteiger partial charge in [-0.3, -0.25) is 14.5 Å². The van der Waals surface area contributed by atoms with E-state index in [4.69, 9.17) is 0 Å². The predicted octanol–water partition coefficient (Wildman–Crippen LogP) is 3.21. The van der Waals surface area contributed by atoms with Crippen molar-refractivity contribution in [1.82, 2.24) is 15.5 Å². The van der Waals surface area contributed by atoms with Crippen molar-refractivity contribution in [2.45, 2.75) is 84.1 Å². The summed E-state index contributed by atoms with van der Waals surface area (Å²) < 4.78 is 0. The smallest absolute Gasteiger partial charge is 0.325 e. The Morgan fingerprint density at radius 2 is 1.74 bits per heavy atom. The van der Waals surface area contributed by atoms with E-state index in [1.54, 1.807) is 0 Å². The van der Waals surface area contributed by atoms with Gasteiger partial charge in [0.05, 0.1) is 0 Å². The number of rotatable bonds is 4. The molecule has 0 radical (unpaired) electrons. The number of hydrogen-bond acceptors (Lipinski definition) is 3. The lowest BCUT2D eigenvalue weighted by Crippen LogP contribution is -2.51. The van der Waals surface area contributed by atoms with E-state index in [-0.39, 0.29) is 23.8 Å². The normalized spacial score (nSPS) is 29.9. The number of nitrogens with zero attached hydrogens (tertiary/aromatic N) is 1. The molecule has 3 fully saturated rings. The van der Waals surface area contributed by atoms with Gasteiger partial charge in [-0.2, -0.15) is 0 Å². The molecule has 4 amide bonds. The Balaban J connectivity index is 1.52. The fourth-order valence-electron chi connectivity index (χ4n) is 4.98. The molecule has 1 aliphatic heterocycles. The lowest BCUT2D eigenvalue weighted by Gasteiger charge is -2.40. The minimum Gasteiger partial charge on any atom is -0.354 e. The molecule has 0 aromatic heterocycles. The monoisotopic (exact) mass is 377 g/mol. The van der Waals surface area contributed by atoms with Gasteiger partial charge in [0.1, 0.15) is 12.1 Å². The van der Waals surface area contributed by atoms with Crippen LogP contribution >= 0.6 is 0 Å². The minimum atomic E-state index is -0.789.